The Hall–Kier alpha value is -4.08. The molecule has 2 aromatic heterocycles. The van der Waals surface area contributed by atoms with Crippen LogP contribution in [0.2, 0.25) is 0 Å². The van der Waals surface area contributed by atoms with Crippen LogP contribution in [-0.2, 0) is 6.42 Å². The molecule has 1 aliphatic heterocycles. The van der Waals surface area contributed by atoms with E-state index in [0.717, 1.165) is 12.2 Å². The summed E-state index contributed by atoms with van der Waals surface area (Å²) in [6.45, 7) is 0. The van der Waals surface area contributed by atoms with E-state index >= 15 is 0 Å². The number of rotatable bonds is 2. The number of para-hydroxylation sites is 1. The summed E-state index contributed by atoms with van der Waals surface area (Å²) < 4.78 is 11.7. The van der Waals surface area contributed by atoms with Gasteiger partial charge in [-0.15, -0.1) is 11.3 Å². The largest absolute Gasteiger partial charge is 0.484 e. The van der Waals surface area contributed by atoms with E-state index in [2.05, 4.69) is 114 Å². The highest BCUT2D eigenvalue weighted by Crippen LogP contribution is 2.46. The van der Waals surface area contributed by atoms with Crippen molar-refractivity contribution < 1.29 is 4.74 Å². The zero-order valence-corrected chi connectivity index (χ0v) is 19.8. The number of ether oxygens (including phenoxy) is 1. The maximum Gasteiger partial charge on any atom is 0.133 e. The van der Waals surface area contributed by atoms with Crippen LogP contribution in [0.25, 0.3) is 47.7 Å². The lowest BCUT2D eigenvalue weighted by Crippen LogP contribution is -2.02. The predicted molar refractivity (Wildman–Crippen MR) is 147 cm³/mol. The number of nitrogens with zero attached hydrogens (tertiary/aromatic N) is 1. The molecule has 0 amide bonds. The third kappa shape index (κ3) is 2.76. The van der Waals surface area contributed by atoms with Crippen molar-refractivity contribution >= 4 is 53.3 Å². The van der Waals surface area contributed by atoms with Crippen molar-refractivity contribution in [2.24, 2.45) is 0 Å². The van der Waals surface area contributed by atoms with Crippen LogP contribution in [0.1, 0.15) is 17.2 Å². The molecule has 5 aromatic carbocycles. The topological polar surface area (TPSA) is 14.2 Å². The molecule has 0 saturated carbocycles. The molecule has 2 nitrogen and oxygen atoms in total. The smallest absolute Gasteiger partial charge is 0.133 e. The molecule has 0 radical (unpaired) electrons. The Labute approximate surface area is 206 Å². The van der Waals surface area contributed by atoms with Crippen molar-refractivity contribution in [1.82, 2.24) is 4.57 Å². The van der Waals surface area contributed by atoms with Crippen molar-refractivity contribution in [1.29, 1.82) is 0 Å². The standard InChI is InChI=1S/C32H21NOS/c1-2-8-20(9-3-1)28-18-21-14-16-27-31(32(21)34-28)24-11-4-6-12-26(24)33(27)22-15-17-30-25(19-22)23-10-5-7-13-29(23)35-30/h1-17,19,28H,18H2. The molecule has 35 heavy (non-hydrogen) atoms. The molecule has 7 aromatic rings. The molecule has 3 heterocycles. The minimum absolute atomic E-state index is 0.0624. The summed E-state index contributed by atoms with van der Waals surface area (Å²) >= 11 is 1.86. The van der Waals surface area contributed by atoms with Gasteiger partial charge in [-0.3, -0.25) is 0 Å². The van der Waals surface area contributed by atoms with Gasteiger partial charge < -0.3 is 9.30 Å². The zero-order chi connectivity index (χ0) is 22.9. The maximum absolute atomic E-state index is 6.67. The minimum atomic E-state index is 0.0624. The molecule has 0 fully saturated rings. The molecule has 8 rings (SSSR count). The average Bonchev–Trinajstić information content (AvgIpc) is 3.60. The van der Waals surface area contributed by atoms with E-state index in [1.54, 1.807) is 0 Å². The van der Waals surface area contributed by atoms with Crippen molar-refractivity contribution in [3.63, 3.8) is 0 Å². The lowest BCUT2D eigenvalue weighted by atomic mass is 10.0. The monoisotopic (exact) mass is 467 g/mol. The van der Waals surface area contributed by atoms with E-state index < -0.39 is 0 Å². The number of benzene rings is 5. The molecule has 0 N–H and O–H groups in total. The Kier molecular flexibility index (Phi) is 3.96. The molecule has 0 spiro atoms. The van der Waals surface area contributed by atoms with Crippen LogP contribution in [-0.4, -0.2) is 4.57 Å². The Bertz CT molecular complexity index is 1910. The highest BCUT2D eigenvalue weighted by atomic mass is 32.1. The van der Waals surface area contributed by atoms with E-state index in [9.17, 15) is 0 Å². The molecule has 1 atom stereocenters. The van der Waals surface area contributed by atoms with E-state index in [-0.39, 0.29) is 6.10 Å². The zero-order valence-electron chi connectivity index (χ0n) is 18.9. The average molecular weight is 468 g/mol. The van der Waals surface area contributed by atoms with Gasteiger partial charge in [-0.1, -0.05) is 72.8 Å². The highest BCUT2D eigenvalue weighted by Gasteiger charge is 2.28. The fourth-order valence-corrected chi connectivity index (χ4v) is 6.82. The molecule has 166 valence electrons. The summed E-state index contributed by atoms with van der Waals surface area (Å²) in [5.41, 5.74) is 6.10. The van der Waals surface area contributed by atoms with Gasteiger partial charge in [0.2, 0.25) is 0 Å². The molecule has 0 bridgehead atoms. The lowest BCUT2D eigenvalue weighted by molar-refractivity contribution is 0.241. The summed E-state index contributed by atoms with van der Waals surface area (Å²) in [7, 11) is 0. The lowest BCUT2D eigenvalue weighted by Gasteiger charge is -2.11. The Morgan fingerprint density at radius 1 is 0.657 bits per heavy atom. The van der Waals surface area contributed by atoms with Crippen LogP contribution < -0.4 is 4.74 Å². The SMILES string of the molecule is c1ccc(C2Cc3ccc4c(c3O2)c2ccccc2n4-c2ccc3sc4ccccc4c3c2)cc1. The van der Waals surface area contributed by atoms with Gasteiger partial charge in [0.05, 0.1) is 16.4 Å². The Morgan fingerprint density at radius 2 is 1.43 bits per heavy atom. The van der Waals surface area contributed by atoms with Crippen LogP contribution in [0.15, 0.2) is 109 Å². The molecular weight excluding hydrogens is 446 g/mol. The van der Waals surface area contributed by atoms with E-state index in [1.807, 2.05) is 11.3 Å². The van der Waals surface area contributed by atoms with Crippen LogP contribution in [0.3, 0.4) is 0 Å². The first-order valence-corrected chi connectivity index (χ1v) is 12.8. The highest BCUT2D eigenvalue weighted by molar-refractivity contribution is 7.25. The molecule has 0 saturated heterocycles. The van der Waals surface area contributed by atoms with Gasteiger partial charge in [0.25, 0.3) is 0 Å². The second-order valence-electron chi connectivity index (χ2n) is 9.30. The molecule has 1 aliphatic rings. The molecule has 3 heteroatoms. The van der Waals surface area contributed by atoms with Gasteiger partial charge >= 0.3 is 0 Å². The molecular formula is C32H21NOS. The number of aromatic nitrogens is 1. The summed E-state index contributed by atoms with van der Waals surface area (Å²) in [4.78, 5) is 0. The molecule has 0 aliphatic carbocycles. The van der Waals surface area contributed by atoms with Crippen molar-refractivity contribution in [3.8, 4) is 11.4 Å². The first-order chi connectivity index (χ1) is 17.3. The first kappa shape index (κ1) is 19.2. The second-order valence-corrected chi connectivity index (χ2v) is 10.4. The van der Waals surface area contributed by atoms with E-state index in [4.69, 9.17) is 4.74 Å². The van der Waals surface area contributed by atoms with Crippen molar-refractivity contribution in [2.75, 3.05) is 0 Å². The first-order valence-electron chi connectivity index (χ1n) is 12.0. The second kappa shape index (κ2) is 7.21. The third-order valence-electron chi connectivity index (χ3n) is 7.33. The minimum Gasteiger partial charge on any atom is -0.484 e. The van der Waals surface area contributed by atoms with Gasteiger partial charge in [0, 0.05) is 37.7 Å². The maximum atomic E-state index is 6.67. The number of thiophene rings is 1. The molecule has 1 unspecified atom stereocenters. The number of fused-ring (bicyclic) bond motifs is 8. The van der Waals surface area contributed by atoms with E-state index in [0.29, 0.717) is 0 Å². The van der Waals surface area contributed by atoms with Gasteiger partial charge in [0.15, 0.2) is 0 Å². The Balaban J connectivity index is 1.38. The summed E-state index contributed by atoms with van der Waals surface area (Å²) in [5, 5.41) is 5.09. The normalized spacial score (nSPS) is 15.3. The van der Waals surface area contributed by atoms with Gasteiger partial charge in [-0.2, -0.15) is 0 Å². The predicted octanol–water partition coefficient (Wildman–Crippen LogP) is 8.83. The number of hydrogen-bond donors (Lipinski definition) is 0. The van der Waals surface area contributed by atoms with E-state index in [1.165, 1.54) is 58.8 Å². The van der Waals surface area contributed by atoms with Gasteiger partial charge in [-0.05, 0) is 47.5 Å². The van der Waals surface area contributed by atoms with Gasteiger partial charge in [-0.25, -0.2) is 0 Å². The van der Waals surface area contributed by atoms with Crippen LogP contribution in [0.5, 0.6) is 5.75 Å². The number of hydrogen-bond acceptors (Lipinski definition) is 2. The van der Waals surface area contributed by atoms with Crippen LogP contribution in [0, 0.1) is 0 Å². The van der Waals surface area contributed by atoms with Crippen LogP contribution in [0.4, 0.5) is 0 Å². The fourth-order valence-electron chi connectivity index (χ4n) is 5.74. The quantitative estimate of drug-likeness (QED) is 0.248. The van der Waals surface area contributed by atoms with Crippen molar-refractivity contribution in [3.05, 3.63) is 120 Å². The van der Waals surface area contributed by atoms with Crippen LogP contribution >= 0.6 is 11.3 Å². The fraction of sp³-hybridized carbons (Fsp3) is 0.0625. The summed E-state index contributed by atoms with van der Waals surface area (Å²) in [6, 6.07) is 39.4. The van der Waals surface area contributed by atoms with Crippen molar-refractivity contribution in [2.45, 2.75) is 12.5 Å². The Morgan fingerprint density at radius 3 is 2.34 bits per heavy atom. The van der Waals surface area contributed by atoms with Gasteiger partial charge in [0.1, 0.15) is 11.9 Å². The third-order valence-corrected chi connectivity index (χ3v) is 8.48. The summed E-state index contributed by atoms with van der Waals surface area (Å²) in [6.07, 6.45) is 0.967. The summed E-state index contributed by atoms with van der Waals surface area (Å²) in [5.74, 6) is 1.04.